The van der Waals surface area contributed by atoms with E-state index < -0.39 is 35.0 Å². The van der Waals surface area contributed by atoms with E-state index in [0.717, 1.165) is 24.1 Å². The zero-order valence-corrected chi connectivity index (χ0v) is 20.8. The molecule has 0 amide bonds. The molecule has 0 aromatic heterocycles. The van der Waals surface area contributed by atoms with Gasteiger partial charge in [0.25, 0.3) is 0 Å². The molecular formula is C28H30F3NO4. The fourth-order valence-electron chi connectivity index (χ4n) is 4.81. The number of hydrogen-bond donors (Lipinski definition) is 0. The molecule has 0 aliphatic carbocycles. The van der Waals surface area contributed by atoms with Gasteiger partial charge in [0.1, 0.15) is 0 Å². The van der Waals surface area contributed by atoms with Gasteiger partial charge in [0, 0.05) is 18.5 Å². The Kier molecular flexibility index (Phi) is 6.77. The van der Waals surface area contributed by atoms with Crippen LogP contribution in [0.5, 0.6) is 0 Å². The van der Waals surface area contributed by atoms with E-state index in [2.05, 4.69) is 38.1 Å². The molecule has 36 heavy (non-hydrogen) atoms. The largest absolute Gasteiger partial charge is 0.421 e. The van der Waals surface area contributed by atoms with Crippen molar-refractivity contribution >= 4 is 17.5 Å². The molecule has 4 rings (SSSR count). The number of halogens is 3. The van der Waals surface area contributed by atoms with Crippen molar-refractivity contribution in [2.75, 3.05) is 13.1 Å². The Labute approximate surface area is 208 Å². The summed E-state index contributed by atoms with van der Waals surface area (Å²) in [7, 11) is 0. The summed E-state index contributed by atoms with van der Waals surface area (Å²) in [6.45, 7) is 9.02. The molecule has 2 heterocycles. The lowest BCUT2D eigenvalue weighted by atomic mass is 9.82. The van der Waals surface area contributed by atoms with E-state index >= 15 is 0 Å². The fraction of sp³-hybridized carbons (Fsp3) is 0.429. The molecular weight excluding hydrogens is 471 g/mol. The summed E-state index contributed by atoms with van der Waals surface area (Å²) in [4.78, 5) is 25.9. The predicted molar refractivity (Wildman–Crippen MR) is 129 cm³/mol. The van der Waals surface area contributed by atoms with Crippen molar-refractivity contribution in [3.8, 4) is 0 Å². The number of benzene rings is 2. The predicted octanol–water partition coefficient (Wildman–Crippen LogP) is 5.72. The molecule has 0 N–H and O–H groups in total. The van der Waals surface area contributed by atoms with Gasteiger partial charge in [0.2, 0.25) is 0 Å². The second kappa shape index (κ2) is 9.39. The van der Waals surface area contributed by atoms with Gasteiger partial charge in [0.05, 0.1) is 12.0 Å². The SMILES string of the molecule is CC(C)Cc1ccc(C(C)(C)CN2CC=C(c3cccc(C(F)(F)F)c3)CC23OC(=O)C(=O)O3)cc1. The van der Waals surface area contributed by atoms with Crippen LogP contribution in [-0.2, 0) is 37.1 Å². The van der Waals surface area contributed by atoms with Crippen molar-refractivity contribution in [2.24, 2.45) is 5.92 Å². The first-order valence-electron chi connectivity index (χ1n) is 12.0. The Morgan fingerprint density at radius 3 is 2.19 bits per heavy atom. The van der Waals surface area contributed by atoms with Crippen LogP contribution in [0, 0.1) is 5.92 Å². The normalized spacial score (nSPS) is 18.4. The van der Waals surface area contributed by atoms with E-state index in [0.29, 0.717) is 23.6 Å². The third kappa shape index (κ3) is 5.33. The monoisotopic (exact) mass is 501 g/mol. The lowest BCUT2D eigenvalue weighted by Gasteiger charge is -2.43. The minimum Gasteiger partial charge on any atom is -0.399 e. The van der Waals surface area contributed by atoms with E-state index in [1.54, 1.807) is 17.0 Å². The molecule has 0 radical (unpaired) electrons. The minimum atomic E-state index is -4.49. The number of alkyl halides is 3. The third-order valence-electron chi connectivity index (χ3n) is 6.65. The molecule has 5 nitrogen and oxygen atoms in total. The zero-order valence-electron chi connectivity index (χ0n) is 20.8. The summed E-state index contributed by atoms with van der Waals surface area (Å²) >= 11 is 0. The lowest BCUT2D eigenvalue weighted by molar-refractivity contribution is -0.250. The van der Waals surface area contributed by atoms with Crippen molar-refractivity contribution < 1.29 is 32.2 Å². The van der Waals surface area contributed by atoms with E-state index in [4.69, 9.17) is 9.47 Å². The number of carbonyl (C=O) groups is 2. The molecule has 2 aliphatic rings. The smallest absolute Gasteiger partial charge is 0.399 e. The van der Waals surface area contributed by atoms with Gasteiger partial charge in [-0.15, -0.1) is 0 Å². The Morgan fingerprint density at radius 1 is 0.972 bits per heavy atom. The van der Waals surface area contributed by atoms with Crippen molar-refractivity contribution in [3.05, 3.63) is 76.9 Å². The van der Waals surface area contributed by atoms with Crippen LogP contribution >= 0.6 is 0 Å². The molecule has 1 fully saturated rings. The summed E-state index contributed by atoms with van der Waals surface area (Å²) < 4.78 is 50.7. The first-order chi connectivity index (χ1) is 16.8. The van der Waals surface area contributed by atoms with Crippen LogP contribution in [0.1, 0.15) is 56.4 Å². The van der Waals surface area contributed by atoms with Crippen LogP contribution in [-0.4, -0.2) is 35.8 Å². The Balaban J connectivity index is 1.62. The molecule has 1 saturated heterocycles. The van der Waals surface area contributed by atoms with Gasteiger partial charge in [-0.2, -0.15) is 13.2 Å². The molecule has 2 aromatic carbocycles. The second-order valence-electron chi connectivity index (χ2n) is 10.5. The van der Waals surface area contributed by atoms with Crippen LogP contribution in [0.2, 0.25) is 0 Å². The molecule has 0 saturated carbocycles. The average molecular weight is 502 g/mol. The molecule has 0 atom stereocenters. The van der Waals surface area contributed by atoms with Crippen LogP contribution in [0.15, 0.2) is 54.6 Å². The standard InChI is InChI=1S/C28H30F3NO4/c1-18(2)14-19-8-10-22(11-9-19)26(3,4)17-32-13-12-21(16-27(32)35-24(33)25(34)36-27)20-6-5-7-23(15-20)28(29,30)31/h5-12,15,18H,13-14,16-17H2,1-4H3. The van der Waals surface area contributed by atoms with Gasteiger partial charge in [0.15, 0.2) is 0 Å². The molecule has 2 aliphatic heterocycles. The number of ether oxygens (including phenoxy) is 2. The molecule has 2 aromatic rings. The van der Waals surface area contributed by atoms with E-state index in [-0.39, 0.29) is 13.0 Å². The van der Waals surface area contributed by atoms with E-state index in [9.17, 15) is 22.8 Å². The quantitative estimate of drug-likeness (QED) is 0.374. The highest BCUT2D eigenvalue weighted by Crippen LogP contribution is 2.42. The maximum atomic E-state index is 13.3. The number of nitrogens with zero attached hydrogens (tertiary/aromatic N) is 1. The summed E-state index contributed by atoms with van der Waals surface area (Å²) in [6, 6.07) is 13.3. The van der Waals surface area contributed by atoms with Gasteiger partial charge in [-0.1, -0.05) is 70.2 Å². The highest BCUT2D eigenvalue weighted by atomic mass is 19.4. The molecule has 8 heteroatoms. The number of hydrogen-bond acceptors (Lipinski definition) is 5. The van der Waals surface area contributed by atoms with Gasteiger partial charge >= 0.3 is 24.0 Å². The lowest BCUT2D eigenvalue weighted by Crippen LogP contribution is -2.55. The summed E-state index contributed by atoms with van der Waals surface area (Å²) in [5.41, 5.74) is 1.96. The van der Waals surface area contributed by atoms with Crippen LogP contribution in [0.25, 0.3) is 5.57 Å². The first-order valence-corrected chi connectivity index (χ1v) is 12.0. The summed E-state index contributed by atoms with van der Waals surface area (Å²) in [5, 5.41) is 0. The van der Waals surface area contributed by atoms with Crippen LogP contribution in [0.3, 0.4) is 0 Å². The van der Waals surface area contributed by atoms with Crippen LogP contribution in [0.4, 0.5) is 13.2 Å². The number of carbonyl (C=O) groups excluding carboxylic acids is 2. The summed E-state index contributed by atoms with van der Waals surface area (Å²) in [6.07, 6.45) is -1.79. The van der Waals surface area contributed by atoms with Gasteiger partial charge in [-0.25, -0.2) is 14.5 Å². The minimum absolute atomic E-state index is 0.0742. The molecule has 1 spiro atoms. The molecule has 192 valence electrons. The number of esters is 2. The van der Waals surface area contributed by atoms with Crippen molar-refractivity contribution in [1.29, 1.82) is 0 Å². The number of rotatable bonds is 6. The topological polar surface area (TPSA) is 55.8 Å². The van der Waals surface area contributed by atoms with Gasteiger partial charge in [-0.05, 0) is 46.7 Å². The molecule has 0 bridgehead atoms. The Bertz CT molecular complexity index is 1170. The molecule has 0 unspecified atom stereocenters. The Hall–Kier alpha value is -3.13. The summed E-state index contributed by atoms with van der Waals surface area (Å²) in [5.74, 6) is -3.38. The van der Waals surface area contributed by atoms with Crippen LogP contribution < -0.4 is 0 Å². The maximum Gasteiger partial charge on any atom is 0.421 e. The second-order valence-corrected chi connectivity index (χ2v) is 10.5. The Morgan fingerprint density at radius 2 is 1.61 bits per heavy atom. The van der Waals surface area contributed by atoms with E-state index in [1.807, 2.05) is 13.8 Å². The fourth-order valence-corrected chi connectivity index (χ4v) is 4.81. The third-order valence-corrected chi connectivity index (χ3v) is 6.65. The zero-order chi connectivity index (χ0) is 26.3. The average Bonchev–Trinajstić information content (AvgIpc) is 3.08. The maximum absolute atomic E-state index is 13.3. The highest BCUT2D eigenvalue weighted by Gasteiger charge is 2.55. The highest BCUT2D eigenvalue weighted by molar-refractivity contribution is 6.31. The first kappa shape index (κ1) is 25.9. The van der Waals surface area contributed by atoms with Gasteiger partial charge < -0.3 is 9.47 Å². The van der Waals surface area contributed by atoms with E-state index in [1.165, 1.54) is 11.6 Å². The van der Waals surface area contributed by atoms with Crippen molar-refractivity contribution in [2.45, 2.75) is 58.0 Å². The van der Waals surface area contributed by atoms with Crippen molar-refractivity contribution in [1.82, 2.24) is 4.90 Å². The van der Waals surface area contributed by atoms with Gasteiger partial charge in [-0.3, -0.25) is 0 Å². The van der Waals surface area contributed by atoms with Crippen molar-refractivity contribution in [3.63, 3.8) is 0 Å².